The van der Waals surface area contributed by atoms with Gasteiger partial charge in [0.05, 0.1) is 6.54 Å². The minimum Gasteiger partial charge on any atom is -0.292 e. The molecule has 142 valence electrons. The van der Waals surface area contributed by atoms with Gasteiger partial charge in [-0.2, -0.15) is 0 Å². The van der Waals surface area contributed by atoms with Gasteiger partial charge >= 0.3 is 17.8 Å². The van der Waals surface area contributed by atoms with Crippen LogP contribution in [0.15, 0.2) is 42.5 Å². The summed E-state index contributed by atoms with van der Waals surface area (Å²) in [4.78, 5) is 51.1. The van der Waals surface area contributed by atoms with Gasteiger partial charge < -0.3 is 0 Å². The zero-order valence-electron chi connectivity index (χ0n) is 15.8. The first kappa shape index (κ1) is 18.1. The Kier molecular flexibility index (Phi) is 4.34. The third-order valence-electron chi connectivity index (χ3n) is 5.10. The quantitative estimate of drug-likeness (QED) is 0.390. The van der Waals surface area contributed by atoms with Crippen molar-refractivity contribution in [1.82, 2.24) is 9.80 Å². The monoisotopic (exact) mass is 376 g/mol. The molecule has 28 heavy (non-hydrogen) atoms. The molecular formula is C22H20N2O4. The van der Waals surface area contributed by atoms with Crippen LogP contribution in [0.1, 0.15) is 35.3 Å². The average molecular weight is 376 g/mol. The summed E-state index contributed by atoms with van der Waals surface area (Å²) in [7, 11) is 0. The SMILES string of the molecule is CC(C)CN1C(=O)C(=O)N(CC(=O)c2ccc3c(c2)-c2ccccc2C3)C1=O. The topological polar surface area (TPSA) is 74.8 Å². The molecule has 2 aromatic rings. The minimum atomic E-state index is -0.939. The predicted octanol–water partition coefficient (Wildman–Crippen LogP) is 2.89. The summed E-state index contributed by atoms with van der Waals surface area (Å²) >= 11 is 0. The smallest absolute Gasteiger partial charge is 0.292 e. The highest BCUT2D eigenvalue weighted by Crippen LogP contribution is 2.36. The van der Waals surface area contributed by atoms with Crippen LogP contribution in [-0.2, 0) is 16.0 Å². The van der Waals surface area contributed by atoms with Crippen molar-refractivity contribution in [2.45, 2.75) is 20.3 Å². The second kappa shape index (κ2) is 6.71. The Bertz CT molecular complexity index is 1020. The molecule has 0 spiro atoms. The third kappa shape index (κ3) is 2.91. The van der Waals surface area contributed by atoms with Crippen molar-refractivity contribution >= 4 is 23.6 Å². The fourth-order valence-electron chi connectivity index (χ4n) is 3.75. The standard InChI is InChI=1S/C22H20N2O4/c1-13(2)11-23-20(26)21(27)24(22(23)28)12-19(25)16-8-7-15-9-14-5-3-4-6-17(14)18(15)10-16/h3-8,10,13H,9,11-12H2,1-2H3. The van der Waals surface area contributed by atoms with Gasteiger partial charge in [0.25, 0.3) is 0 Å². The number of fused-ring (bicyclic) bond motifs is 3. The van der Waals surface area contributed by atoms with Gasteiger partial charge in [0.2, 0.25) is 0 Å². The molecule has 4 rings (SSSR count). The molecule has 1 aliphatic carbocycles. The Balaban J connectivity index is 1.56. The van der Waals surface area contributed by atoms with Crippen LogP contribution >= 0.6 is 0 Å². The van der Waals surface area contributed by atoms with Gasteiger partial charge in [0.15, 0.2) is 5.78 Å². The van der Waals surface area contributed by atoms with E-state index in [1.54, 1.807) is 6.07 Å². The van der Waals surface area contributed by atoms with Gasteiger partial charge in [-0.1, -0.05) is 50.2 Å². The van der Waals surface area contributed by atoms with Crippen LogP contribution in [0.2, 0.25) is 0 Å². The first-order chi connectivity index (χ1) is 13.4. The number of amides is 4. The Morgan fingerprint density at radius 3 is 2.36 bits per heavy atom. The summed E-state index contributed by atoms with van der Waals surface area (Å²) in [5.41, 5.74) is 4.87. The van der Waals surface area contributed by atoms with Crippen LogP contribution in [0.4, 0.5) is 4.79 Å². The van der Waals surface area contributed by atoms with Gasteiger partial charge in [-0.25, -0.2) is 9.69 Å². The number of urea groups is 1. The molecule has 0 unspecified atom stereocenters. The molecule has 1 aliphatic heterocycles. The molecule has 1 heterocycles. The number of imide groups is 2. The molecule has 2 aliphatic rings. The zero-order chi connectivity index (χ0) is 20.0. The molecular weight excluding hydrogens is 356 g/mol. The van der Waals surface area contributed by atoms with E-state index in [2.05, 4.69) is 6.07 Å². The predicted molar refractivity (Wildman–Crippen MR) is 103 cm³/mol. The molecule has 0 aromatic heterocycles. The summed E-state index contributed by atoms with van der Waals surface area (Å²) in [5.74, 6) is -2.14. The van der Waals surface area contributed by atoms with Crippen molar-refractivity contribution in [3.8, 4) is 11.1 Å². The first-order valence-electron chi connectivity index (χ1n) is 9.28. The van der Waals surface area contributed by atoms with Crippen LogP contribution < -0.4 is 0 Å². The number of rotatable bonds is 5. The maximum atomic E-state index is 12.8. The maximum Gasteiger partial charge on any atom is 0.334 e. The molecule has 2 aromatic carbocycles. The molecule has 0 N–H and O–H groups in total. The fraction of sp³-hybridized carbons (Fsp3) is 0.273. The Morgan fingerprint density at radius 2 is 1.61 bits per heavy atom. The highest BCUT2D eigenvalue weighted by Gasteiger charge is 2.45. The fourth-order valence-corrected chi connectivity index (χ4v) is 3.75. The lowest BCUT2D eigenvalue weighted by atomic mass is 10.0. The molecule has 0 bridgehead atoms. The summed E-state index contributed by atoms with van der Waals surface area (Å²) in [6.07, 6.45) is 0.821. The summed E-state index contributed by atoms with van der Waals surface area (Å²) in [6.45, 7) is 3.42. The molecule has 6 heteroatoms. The number of hydrogen-bond acceptors (Lipinski definition) is 4. The highest BCUT2D eigenvalue weighted by molar-refractivity contribution is 6.45. The zero-order valence-corrected chi connectivity index (χ0v) is 15.8. The van der Waals surface area contributed by atoms with E-state index in [-0.39, 0.29) is 18.2 Å². The molecule has 6 nitrogen and oxygen atoms in total. The van der Waals surface area contributed by atoms with Crippen LogP contribution in [-0.4, -0.2) is 46.5 Å². The number of ketones is 1. The largest absolute Gasteiger partial charge is 0.334 e. The summed E-state index contributed by atoms with van der Waals surface area (Å²) in [5, 5.41) is 0. The second-order valence-electron chi connectivity index (χ2n) is 7.61. The van der Waals surface area contributed by atoms with Gasteiger partial charge in [-0.15, -0.1) is 0 Å². The van der Waals surface area contributed by atoms with E-state index in [4.69, 9.17) is 0 Å². The Hall–Kier alpha value is -3.28. The van der Waals surface area contributed by atoms with Crippen LogP contribution in [0.3, 0.4) is 0 Å². The minimum absolute atomic E-state index is 0.0353. The van der Waals surface area contributed by atoms with Gasteiger partial charge in [-0.05, 0) is 40.7 Å². The number of carbonyl (C=O) groups is 4. The van der Waals surface area contributed by atoms with E-state index < -0.39 is 24.4 Å². The number of benzene rings is 2. The third-order valence-corrected chi connectivity index (χ3v) is 5.10. The number of hydrogen-bond donors (Lipinski definition) is 0. The Labute approximate surface area is 162 Å². The second-order valence-corrected chi connectivity index (χ2v) is 7.61. The number of nitrogens with zero attached hydrogens (tertiary/aromatic N) is 2. The lowest BCUT2D eigenvalue weighted by molar-refractivity contribution is -0.143. The van der Waals surface area contributed by atoms with Crippen LogP contribution in [0.5, 0.6) is 0 Å². The normalized spacial score (nSPS) is 15.5. The molecule has 4 amide bonds. The van der Waals surface area contributed by atoms with E-state index in [0.29, 0.717) is 5.56 Å². The van der Waals surface area contributed by atoms with Gasteiger partial charge in [0, 0.05) is 12.1 Å². The molecule has 1 fully saturated rings. The van der Waals surface area contributed by atoms with Crippen LogP contribution in [0.25, 0.3) is 11.1 Å². The van der Waals surface area contributed by atoms with E-state index in [0.717, 1.165) is 32.9 Å². The van der Waals surface area contributed by atoms with E-state index in [1.807, 2.05) is 44.2 Å². The van der Waals surface area contributed by atoms with Crippen molar-refractivity contribution in [2.75, 3.05) is 13.1 Å². The number of Topliss-reactive ketones (excluding diaryl/α,β-unsaturated/α-hetero) is 1. The van der Waals surface area contributed by atoms with Crippen molar-refractivity contribution in [1.29, 1.82) is 0 Å². The molecule has 0 atom stereocenters. The van der Waals surface area contributed by atoms with Crippen LogP contribution in [0, 0.1) is 5.92 Å². The van der Waals surface area contributed by atoms with Crippen molar-refractivity contribution in [2.24, 2.45) is 5.92 Å². The first-order valence-corrected chi connectivity index (χ1v) is 9.28. The molecule has 1 saturated heterocycles. The van der Waals surface area contributed by atoms with Gasteiger partial charge in [0.1, 0.15) is 0 Å². The summed E-state index contributed by atoms with van der Waals surface area (Å²) < 4.78 is 0. The van der Waals surface area contributed by atoms with Crippen molar-refractivity contribution in [3.63, 3.8) is 0 Å². The number of carbonyl (C=O) groups excluding carboxylic acids is 4. The molecule has 0 saturated carbocycles. The van der Waals surface area contributed by atoms with Crippen molar-refractivity contribution < 1.29 is 19.2 Å². The average Bonchev–Trinajstić information content (AvgIpc) is 3.14. The Morgan fingerprint density at radius 1 is 0.929 bits per heavy atom. The van der Waals surface area contributed by atoms with Crippen molar-refractivity contribution in [3.05, 3.63) is 59.2 Å². The lowest BCUT2D eigenvalue weighted by Crippen LogP contribution is -2.38. The highest BCUT2D eigenvalue weighted by atomic mass is 16.2. The molecule has 0 radical (unpaired) electrons. The maximum absolute atomic E-state index is 12.8. The lowest BCUT2D eigenvalue weighted by Gasteiger charge is -2.16. The van der Waals surface area contributed by atoms with E-state index in [1.165, 1.54) is 5.56 Å². The summed E-state index contributed by atoms with van der Waals surface area (Å²) in [6, 6.07) is 12.7. The van der Waals surface area contributed by atoms with E-state index in [9.17, 15) is 19.2 Å². The van der Waals surface area contributed by atoms with E-state index >= 15 is 0 Å². The van der Waals surface area contributed by atoms with Gasteiger partial charge in [-0.3, -0.25) is 19.3 Å².